The number of amides is 1. The van der Waals surface area contributed by atoms with Crippen LogP contribution < -0.4 is 5.32 Å². The minimum atomic E-state index is -0.397. The molecule has 1 N–H and O–H groups in total. The number of benzene rings is 1. The molecule has 0 aliphatic carbocycles. The molecule has 0 spiro atoms. The van der Waals surface area contributed by atoms with Gasteiger partial charge in [0.05, 0.1) is 12.0 Å². The van der Waals surface area contributed by atoms with E-state index in [-0.39, 0.29) is 18.4 Å². The minimum Gasteiger partial charge on any atom is -0.354 e. The van der Waals surface area contributed by atoms with Crippen LogP contribution in [0, 0.1) is 11.3 Å². The minimum absolute atomic E-state index is 0.0912. The lowest BCUT2D eigenvalue weighted by atomic mass is 9.97. The van der Waals surface area contributed by atoms with Crippen molar-refractivity contribution in [1.82, 2.24) is 5.32 Å². The first-order valence-corrected chi connectivity index (χ1v) is 6.26. The lowest BCUT2D eigenvalue weighted by Gasteiger charge is -2.12. The molecule has 0 heterocycles. The van der Waals surface area contributed by atoms with Crippen LogP contribution in [0.4, 0.5) is 0 Å². The van der Waals surface area contributed by atoms with Gasteiger partial charge in [-0.1, -0.05) is 28.1 Å². The highest BCUT2D eigenvalue weighted by Crippen LogP contribution is 2.22. The van der Waals surface area contributed by atoms with Crippen LogP contribution in [-0.4, -0.2) is 11.9 Å². The van der Waals surface area contributed by atoms with Crippen molar-refractivity contribution in [1.29, 1.82) is 5.26 Å². The molecule has 0 fully saturated rings. The Morgan fingerprint density at radius 1 is 1.53 bits per heavy atom. The molecule has 1 aromatic rings. The lowest BCUT2D eigenvalue weighted by molar-refractivity contribution is -0.121. The van der Waals surface area contributed by atoms with Crippen LogP contribution in [0.25, 0.3) is 0 Å². The predicted octanol–water partition coefficient (Wildman–Crippen LogP) is 2.97. The molecule has 90 valence electrons. The molecule has 3 nitrogen and oxygen atoms in total. The van der Waals surface area contributed by atoms with Gasteiger partial charge in [-0.15, -0.1) is 0 Å². The van der Waals surface area contributed by atoms with Crippen molar-refractivity contribution in [2.24, 2.45) is 0 Å². The summed E-state index contributed by atoms with van der Waals surface area (Å²) in [6, 6.07) is 9.76. The number of hydrogen-bond acceptors (Lipinski definition) is 2. The molecule has 4 heteroatoms. The summed E-state index contributed by atoms with van der Waals surface area (Å²) in [5.74, 6) is -0.488. The van der Waals surface area contributed by atoms with Crippen LogP contribution in [0.5, 0.6) is 0 Å². The molecule has 0 aliphatic rings. The summed E-state index contributed by atoms with van der Waals surface area (Å²) >= 11 is 3.36. The standard InChI is InChI=1S/C13H15BrN2O/c1-9(2)16-13(17)7-11(8-15)10-4-3-5-12(14)6-10/h3-6,9,11H,7H2,1-2H3,(H,16,17). The van der Waals surface area contributed by atoms with Crippen molar-refractivity contribution in [3.63, 3.8) is 0 Å². The first-order chi connectivity index (χ1) is 8.02. The highest BCUT2D eigenvalue weighted by Gasteiger charge is 2.16. The average molecular weight is 295 g/mol. The highest BCUT2D eigenvalue weighted by atomic mass is 79.9. The summed E-state index contributed by atoms with van der Waals surface area (Å²) in [5, 5.41) is 11.9. The summed E-state index contributed by atoms with van der Waals surface area (Å²) in [5.41, 5.74) is 0.862. The molecule has 1 atom stereocenters. The van der Waals surface area contributed by atoms with Crippen molar-refractivity contribution >= 4 is 21.8 Å². The number of carbonyl (C=O) groups is 1. The Labute approximate surface area is 110 Å². The topological polar surface area (TPSA) is 52.9 Å². The molecule has 0 aromatic heterocycles. The second-order valence-electron chi connectivity index (χ2n) is 4.16. The number of nitrogens with one attached hydrogen (secondary N) is 1. The van der Waals surface area contributed by atoms with Crippen molar-refractivity contribution < 1.29 is 4.79 Å². The fourth-order valence-electron chi connectivity index (χ4n) is 1.53. The average Bonchev–Trinajstić information content (AvgIpc) is 2.24. The predicted molar refractivity (Wildman–Crippen MR) is 70.4 cm³/mol. The molecule has 0 bridgehead atoms. The van der Waals surface area contributed by atoms with Gasteiger partial charge in [0.25, 0.3) is 0 Å². The van der Waals surface area contributed by atoms with E-state index in [1.807, 2.05) is 38.1 Å². The van der Waals surface area contributed by atoms with E-state index in [9.17, 15) is 4.79 Å². The normalized spacial score (nSPS) is 11.9. The molecule has 1 unspecified atom stereocenters. The van der Waals surface area contributed by atoms with E-state index < -0.39 is 5.92 Å². The Balaban J connectivity index is 2.73. The maximum absolute atomic E-state index is 11.6. The molecule has 1 aromatic carbocycles. The third-order valence-electron chi connectivity index (χ3n) is 2.25. The fraction of sp³-hybridized carbons (Fsp3) is 0.385. The zero-order chi connectivity index (χ0) is 12.8. The Kier molecular flexibility index (Phi) is 5.17. The van der Waals surface area contributed by atoms with E-state index in [1.54, 1.807) is 0 Å². The van der Waals surface area contributed by atoms with Gasteiger partial charge in [-0.25, -0.2) is 0 Å². The monoisotopic (exact) mass is 294 g/mol. The van der Waals surface area contributed by atoms with Gasteiger partial charge in [-0.2, -0.15) is 5.26 Å². The molecular formula is C13H15BrN2O. The van der Waals surface area contributed by atoms with Crippen LogP contribution in [0.2, 0.25) is 0 Å². The van der Waals surface area contributed by atoms with E-state index in [1.165, 1.54) is 0 Å². The Hall–Kier alpha value is -1.34. The molecule has 1 rings (SSSR count). The number of nitrogens with zero attached hydrogens (tertiary/aromatic N) is 1. The van der Waals surface area contributed by atoms with Gasteiger partial charge in [0, 0.05) is 16.9 Å². The second-order valence-corrected chi connectivity index (χ2v) is 5.08. The largest absolute Gasteiger partial charge is 0.354 e. The first-order valence-electron chi connectivity index (χ1n) is 5.47. The molecule has 1 amide bonds. The quantitative estimate of drug-likeness (QED) is 0.928. The van der Waals surface area contributed by atoms with Crippen LogP contribution in [0.1, 0.15) is 31.7 Å². The van der Waals surface area contributed by atoms with Gasteiger partial charge in [0.2, 0.25) is 5.91 Å². The van der Waals surface area contributed by atoms with Crippen molar-refractivity contribution in [2.45, 2.75) is 32.2 Å². The van der Waals surface area contributed by atoms with Crippen molar-refractivity contribution in [3.8, 4) is 6.07 Å². The van der Waals surface area contributed by atoms with Gasteiger partial charge in [0.1, 0.15) is 0 Å². The maximum Gasteiger partial charge on any atom is 0.221 e. The first kappa shape index (κ1) is 13.7. The van der Waals surface area contributed by atoms with E-state index >= 15 is 0 Å². The third-order valence-corrected chi connectivity index (χ3v) is 2.74. The summed E-state index contributed by atoms with van der Waals surface area (Å²) in [6.45, 7) is 3.80. The van der Waals surface area contributed by atoms with Crippen molar-refractivity contribution in [2.75, 3.05) is 0 Å². The van der Waals surface area contributed by atoms with Crippen LogP contribution in [-0.2, 0) is 4.79 Å². The Bertz CT molecular complexity index is 437. The summed E-state index contributed by atoms with van der Waals surface area (Å²) in [6.07, 6.45) is 0.200. The Morgan fingerprint density at radius 2 is 2.24 bits per heavy atom. The second kappa shape index (κ2) is 6.41. The molecule has 0 saturated heterocycles. The van der Waals surface area contributed by atoms with E-state index in [2.05, 4.69) is 27.3 Å². The molecule has 0 saturated carbocycles. The molecular weight excluding hydrogens is 280 g/mol. The van der Waals surface area contributed by atoms with Crippen molar-refractivity contribution in [3.05, 3.63) is 34.3 Å². The van der Waals surface area contributed by atoms with Gasteiger partial charge in [-0.3, -0.25) is 4.79 Å². The molecule has 17 heavy (non-hydrogen) atoms. The van der Waals surface area contributed by atoms with E-state index in [4.69, 9.17) is 5.26 Å². The number of halogens is 1. The molecule has 0 aliphatic heterocycles. The SMILES string of the molecule is CC(C)NC(=O)CC(C#N)c1cccc(Br)c1. The fourth-order valence-corrected chi connectivity index (χ4v) is 1.94. The third kappa shape index (κ3) is 4.58. The number of rotatable bonds is 4. The van der Waals surface area contributed by atoms with Gasteiger partial charge in [-0.05, 0) is 31.5 Å². The number of nitriles is 1. The zero-order valence-corrected chi connectivity index (χ0v) is 11.5. The summed E-state index contributed by atoms with van der Waals surface area (Å²) in [4.78, 5) is 11.6. The summed E-state index contributed by atoms with van der Waals surface area (Å²) < 4.78 is 0.916. The number of hydrogen-bond donors (Lipinski definition) is 1. The lowest BCUT2D eigenvalue weighted by Crippen LogP contribution is -2.31. The van der Waals surface area contributed by atoms with Crippen LogP contribution in [0.3, 0.4) is 0 Å². The number of carbonyl (C=O) groups excluding carboxylic acids is 1. The maximum atomic E-state index is 11.6. The van der Waals surface area contributed by atoms with Gasteiger partial charge in [0.15, 0.2) is 0 Å². The van der Waals surface area contributed by atoms with Gasteiger partial charge >= 0.3 is 0 Å². The molecule has 0 radical (unpaired) electrons. The van der Waals surface area contributed by atoms with Crippen LogP contribution >= 0.6 is 15.9 Å². The van der Waals surface area contributed by atoms with E-state index in [0.29, 0.717) is 0 Å². The van der Waals surface area contributed by atoms with Gasteiger partial charge < -0.3 is 5.32 Å². The summed E-state index contributed by atoms with van der Waals surface area (Å²) in [7, 11) is 0. The zero-order valence-electron chi connectivity index (χ0n) is 9.90. The highest BCUT2D eigenvalue weighted by molar-refractivity contribution is 9.10. The smallest absolute Gasteiger partial charge is 0.221 e. The van der Waals surface area contributed by atoms with Crippen LogP contribution in [0.15, 0.2) is 28.7 Å². The Morgan fingerprint density at radius 3 is 2.76 bits per heavy atom. The van der Waals surface area contributed by atoms with E-state index in [0.717, 1.165) is 10.0 Å².